The lowest BCUT2D eigenvalue weighted by Crippen LogP contribution is -2.46. The predicted octanol–water partition coefficient (Wildman–Crippen LogP) is 1.63. The zero-order chi connectivity index (χ0) is 9.31. The lowest BCUT2D eigenvalue weighted by atomic mass is 9.84. The molecule has 1 aliphatic heterocycles. The van der Waals surface area contributed by atoms with Gasteiger partial charge in [0.2, 0.25) is 0 Å². The average molecular weight is 196 g/mol. The monoisotopic (exact) mass is 196 g/mol. The van der Waals surface area contributed by atoms with E-state index in [1.54, 1.807) is 11.3 Å². The molecular weight excluding hydrogens is 180 g/mol. The number of nitrogens with zero attached hydrogens (tertiary/aromatic N) is 1. The first-order valence-electron chi connectivity index (χ1n) is 4.71. The van der Waals surface area contributed by atoms with Crippen LogP contribution in [-0.2, 0) is 5.54 Å². The Morgan fingerprint density at radius 1 is 1.46 bits per heavy atom. The molecular formula is C10H16N2S. The molecule has 0 amide bonds. The van der Waals surface area contributed by atoms with Gasteiger partial charge in [0.1, 0.15) is 0 Å². The number of thiophene rings is 1. The van der Waals surface area contributed by atoms with E-state index in [4.69, 9.17) is 5.73 Å². The highest BCUT2D eigenvalue weighted by Gasteiger charge is 2.31. The Morgan fingerprint density at radius 2 is 2.15 bits per heavy atom. The molecule has 2 rings (SSSR count). The summed E-state index contributed by atoms with van der Waals surface area (Å²) in [5.74, 6) is 0. The third-order valence-corrected chi connectivity index (χ3v) is 3.66. The van der Waals surface area contributed by atoms with E-state index in [1.807, 2.05) is 0 Å². The maximum atomic E-state index is 6.37. The Morgan fingerprint density at radius 3 is 2.69 bits per heavy atom. The number of likely N-dealkylation sites (tertiary alicyclic amines) is 1. The average Bonchev–Trinajstić information content (AvgIpc) is 2.63. The SMILES string of the molecule is CN1CCC(N)(c2ccsc2)CC1. The minimum atomic E-state index is -0.0491. The summed E-state index contributed by atoms with van der Waals surface area (Å²) >= 11 is 1.74. The summed E-state index contributed by atoms with van der Waals surface area (Å²) in [6.45, 7) is 2.23. The van der Waals surface area contributed by atoms with E-state index in [0.717, 1.165) is 25.9 Å². The van der Waals surface area contributed by atoms with Crippen molar-refractivity contribution in [2.75, 3.05) is 20.1 Å². The molecule has 2 N–H and O–H groups in total. The van der Waals surface area contributed by atoms with E-state index in [2.05, 4.69) is 28.8 Å². The van der Waals surface area contributed by atoms with Crippen LogP contribution in [0.5, 0.6) is 0 Å². The molecule has 1 aromatic heterocycles. The van der Waals surface area contributed by atoms with Crippen LogP contribution in [0, 0.1) is 0 Å². The number of rotatable bonds is 1. The third kappa shape index (κ3) is 1.77. The van der Waals surface area contributed by atoms with Gasteiger partial charge in [-0.1, -0.05) is 0 Å². The summed E-state index contributed by atoms with van der Waals surface area (Å²) in [5, 5.41) is 4.30. The van der Waals surface area contributed by atoms with Gasteiger partial charge in [-0.15, -0.1) is 0 Å². The quantitative estimate of drug-likeness (QED) is 0.739. The minimum Gasteiger partial charge on any atom is -0.321 e. The lowest BCUT2D eigenvalue weighted by Gasteiger charge is -2.37. The van der Waals surface area contributed by atoms with Crippen LogP contribution in [-0.4, -0.2) is 25.0 Å². The van der Waals surface area contributed by atoms with E-state index in [0.29, 0.717) is 0 Å². The molecule has 0 radical (unpaired) electrons. The van der Waals surface area contributed by atoms with Gasteiger partial charge in [-0.05, 0) is 55.4 Å². The number of hydrogen-bond donors (Lipinski definition) is 1. The number of piperidine rings is 1. The normalized spacial score (nSPS) is 23.2. The number of hydrogen-bond acceptors (Lipinski definition) is 3. The molecule has 0 unspecified atom stereocenters. The van der Waals surface area contributed by atoms with Crippen LogP contribution in [0.3, 0.4) is 0 Å². The Bertz CT molecular complexity index is 260. The lowest BCUT2D eigenvalue weighted by molar-refractivity contribution is 0.191. The second-order valence-electron chi connectivity index (χ2n) is 3.97. The highest BCUT2D eigenvalue weighted by Crippen LogP contribution is 2.30. The molecule has 72 valence electrons. The molecule has 1 saturated heterocycles. The van der Waals surface area contributed by atoms with Gasteiger partial charge in [0.05, 0.1) is 0 Å². The van der Waals surface area contributed by atoms with Crippen LogP contribution in [0.4, 0.5) is 0 Å². The Kier molecular flexibility index (Phi) is 2.41. The van der Waals surface area contributed by atoms with Crippen LogP contribution in [0.15, 0.2) is 16.8 Å². The first-order chi connectivity index (χ1) is 6.21. The number of nitrogens with two attached hydrogens (primary N) is 1. The Hall–Kier alpha value is -0.380. The first-order valence-corrected chi connectivity index (χ1v) is 5.65. The van der Waals surface area contributed by atoms with Crippen molar-refractivity contribution >= 4 is 11.3 Å². The highest BCUT2D eigenvalue weighted by atomic mass is 32.1. The smallest absolute Gasteiger partial charge is 0.0442 e. The van der Waals surface area contributed by atoms with E-state index < -0.39 is 0 Å². The van der Waals surface area contributed by atoms with Crippen LogP contribution in [0.25, 0.3) is 0 Å². The van der Waals surface area contributed by atoms with E-state index >= 15 is 0 Å². The molecule has 0 bridgehead atoms. The van der Waals surface area contributed by atoms with Crippen molar-refractivity contribution in [3.05, 3.63) is 22.4 Å². The fourth-order valence-corrected chi connectivity index (χ4v) is 2.62. The van der Waals surface area contributed by atoms with Crippen LogP contribution < -0.4 is 5.73 Å². The zero-order valence-corrected chi connectivity index (χ0v) is 8.81. The third-order valence-electron chi connectivity index (χ3n) is 2.98. The first kappa shape index (κ1) is 9.19. The second-order valence-corrected chi connectivity index (χ2v) is 4.75. The molecule has 0 atom stereocenters. The van der Waals surface area contributed by atoms with Gasteiger partial charge in [0.15, 0.2) is 0 Å². The summed E-state index contributed by atoms with van der Waals surface area (Å²) in [5.41, 5.74) is 7.64. The van der Waals surface area contributed by atoms with Crippen LogP contribution in [0.1, 0.15) is 18.4 Å². The van der Waals surface area contributed by atoms with Crippen molar-refractivity contribution in [1.82, 2.24) is 4.90 Å². The molecule has 1 aromatic rings. The molecule has 0 saturated carbocycles. The maximum Gasteiger partial charge on any atom is 0.0442 e. The Labute approximate surface area is 83.4 Å². The van der Waals surface area contributed by atoms with Crippen molar-refractivity contribution in [3.63, 3.8) is 0 Å². The van der Waals surface area contributed by atoms with Gasteiger partial charge in [-0.25, -0.2) is 0 Å². The summed E-state index contributed by atoms with van der Waals surface area (Å²) in [4.78, 5) is 2.34. The second kappa shape index (κ2) is 3.40. The van der Waals surface area contributed by atoms with Crippen molar-refractivity contribution < 1.29 is 0 Å². The molecule has 13 heavy (non-hydrogen) atoms. The fourth-order valence-electron chi connectivity index (χ4n) is 1.85. The molecule has 0 spiro atoms. The van der Waals surface area contributed by atoms with E-state index in [-0.39, 0.29) is 5.54 Å². The van der Waals surface area contributed by atoms with Gasteiger partial charge in [-0.3, -0.25) is 0 Å². The van der Waals surface area contributed by atoms with Gasteiger partial charge in [0.25, 0.3) is 0 Å². The maximum absolute atomic E-state index is 6.37. The topological polar surface area (TPSA) is 29.3 Å². The van der Waals surface area contributed by atoms with Crippen LogP contribution >= 0.6 is 11.3 Å². The summed E-state index contributed by atoms with van der Waals surface area (Å²) in [7, 11) is 2.16. The summed E-state index contributed by atoms with van der Waals surface area (Å²) < 4.78 is 0. The van der Waals surface area contributed by atoms with Gasteiger partial charge in [0, 0.05) is 5.54 Å². The van der Waals surface area contributed by atoms with Crippen molar-refractivity contribution in [3.8, 4) is 0 Å². The van der Waals surface area contributed by atoms with Crippen molar-refractivity contribution in [1.29, 1.82) is 0 Å². The van der Waals surface area contributed by atoms with E-state index in [9.17, 15) is 0 Å². The van der Waals surface area contributed by atoms with Crippen molar-refractivity contribution in [2.24, 2.45) is 5.73 Å². The fraction of sp³-hybridized carbons (Fsp3) is 0.600. The Balaban J connectivity index is 2.13. The molecule has 1 fully saturated rings. The van der Waals surface area contributed by atoms with Crippen molar-refractivity contribution in [2.45, 2.75) is 18.4 Å². The summed E-state index contributed by atoms with van der Waals surface area (Å²) in [6, 6.07) is 2.16. The van der Waals surface area contributed by atoms with Gasteiger partial charge >= 0.3 is 0 Å². The molecule has 2 heterocycles. The van der Waals surface area contributed by atoms with Crippen LogP contribution in [0.2, 0.25) is 0 Å². The molecule has 1 aliphatic rings. The summed E-state index contributed by atoms with van der Waals surface area (Å²) in [6.07, 6.45) is 2.17. The largest absolute Gasteiger partial charge is 0.321 e. The molecule has 3 heteroatoms. The van der Waals surface area contributed by atoms with Gasteiger partial charge < -0.3 is 10.6 Å². The molecule has 0 aliphatic carbocycles. The minimum absolute atomic E-state index is 0.0491. The van der Waals surface area contributed by atoms with E-state index in [1.165, 1.54) is 5.56 Å². The molecule has 2 nitrogen and oxygen atoms in total. The van der Waals surface area contributed by atoms with Gasteiger partial charge in [-0.2, -0.15) is 11.3 Å². The zero-order valence-electron chi connectivity index (χ0n) is 7.99. The molecule has 0 aromatic carbocycles. The predicted molar refractivity (Wildman–Crippen MR) is 56.9 cm³/mol. The standard InChI is InChI=1S/C10H16N2S/c1-12-5-3-10(11,4-6-12)9-2-7-13-8-9/h2,7-8H,3-6,11H2,1H3. The highest BCUT2D eigenvalue weighted by molar-refractivity contribution is 7.08.